The monoisotopic (exact) mass is 302 g/mol. The highest BCUT2D eigenvalue weighted by Gasteiger charge is 2.09. The Morgan fingerprint density at radius 1 is 1.33 bits per heavy atom. The maximum absolute atomic E-state index is 11.9. The molecule has 1 unspecified atom stereocenters. The van der Waals surface area contributed by atoms with E-state index in [0.29, 0.717) is 5.56 Å². The fraction of sp³-hybridized carbons (Fsp3) is 0.143. The van der Waals surface area contributed by atoms with Crippen LogP contribution in [0, 0.1) is 11.3 Å². The Morgan fingerprint density at radius 2 is 2.11 bits per heavy atom. The lowest BCUT2D eigenvalue weighted by molar-refractivity contribution is 0.614. The number of benzene rings is 1. The fourth-order valence-electron chi connectivity index (χ4n) is 1.81. The van der Waals surface area contributed by atoms with Crippen LogP contribution in [0.3, 0.4) is 0 Å². The zero-order valence-corrected chi connectivity index (χ0v) is 11.4. The summed E-state index contributed by atoms with van der Waals surface area (Å²) < 4.78 is 2.41. The Kier molecular flexibility index (Phi) is 3.63. The van der Waals surface area contributed by atoms with Crippen LogP contribution >= 0.6 is 15.9 Å². The van der Waals surface area contributed by atoms with Crippen molar-refractivity contribution in [1.29, 1.82) is 5.26 Å². The number of nitriles is 1. The predicted molar refractivity (Wildman–Crippen MR) is 73.4 cm³/mol. The van der Waals surface area contributed by atoms with Crippen LogP contribution in [-0.2, 0) is 0 Å². The van der Waals surface area contributed by atoms with Crippen molar-refractivity contribution < 1.29 is 0 Å². The highest BCUT2D eigenvalue weighted by molar-refractivity contribution is 9.10. The average molecular weight is 303 g/mol. The number of halogens is 1. The molecule has 0 saturated carbocycles. The average Bonchev–Trinajstić information content (AvgIpc) is 2.38. The van der Waals surface area contributed by atoms with Gasteiger partial charge in [-0.2, -0.15) is 5.26 Å². The molecule has 2 rings (SSSR count). The molecule has 2 aromatic rings. The van der Waals surface area contributed by atoms with Gasteiger partial charge in [-0.25, -0.2) is 0 Å². The Hall–Kier alpha value is -1.86. The summed E-state index contributed by atoms with van der Waals surface area (Å²) in [6.07, 6.45) is 1.75. The lowest BCUT2D eigenvalue weighted by atomic mass is 10.1. The number of hydrogen-bond donors (Lipinski definition) is 0. The van der Waals surface area contributed by atoms with Gasteiger partial charge in [0.15, 0.2) is 0 Å². The summed E-state index contributed by atoms with van der Waals surface area (Å²) in [4.78, 5) is 11.9. The second kappa shape index (κ2) is 5.19. The molecule has 4 heteroatoms. The van der Waals surface area contributed by atoms with Crippen molar-refractivity contribution in [2.45, 2.75) is 13.0 Å². The smallest absolute Gasteiger partial charge is 0.252 e. The summed E-state index contributed by atoms with van der Waals surface area (Å²) in [7, 11) is 0. The van der Waals surface area contributed by atoms with Gasteiger partial charge in [0.05, 0.1) is 17.7 Å². The fourth-order valence-corrected chi connectivity index (χ4v) is 2.13. The van der Waals surface area contributed by atoms with Crippen LogP contribution in [0.1, 0.15) is 24.1 Å². The van der Waals surface area contributed by atoms with Gasteiger partial charge < -0.3 is 4.57 Å². The van der Waals surface area contributed by atoms with Crippen molar-refractivity contribution in [3.05, 3.63) is 68.5 Å². The van der Waals surface area contributed by atoms with Gasteiger partial charge in [0.1, 0.15) is 0 Å². The first-order valence-corrected chi connectivity index (χ1v) is 6.29. The van der Waals surface area contributed by atoms with Crippen LogP contribution in [0.5, 0.6) is 0 Å². The first-order valence-electron chi connectivity index (χ1n) is 5.49. The van der Waals surface area contributed by atoms with E-state index < -0.39 is 0 Å². The van der Waals surface area contributed by atoms with Crippen molar-refractivity contribution >= 4 is 15.9 Å². The second-order valence-corrected chi connectivity index (χ2v) is 4.92. The number of nitrogens with zero attached hydrogens (tertiary/aromatic N) is 2. The summed E-state index contributed by atoms with van der Waals surface area (Å²) in [5.74, 6) is 0. The molecule has 1 aromatic carbocycles. The maximum Gasteiger partial charge on any atom is 0.252 e. The van der Waals surface area contributed by atoms with Gasteiger partial charge in [-0.15, -0.1) is 0 Å². The standard InChI is InChI=1S/C14H11BrN2O/c1-10(12-4-2-3-11(7-12)9-16)17-6-5-13(15)8-14(17)18/h2-8,10H,1H3. The van der Waals surface area contributed by atoms with E-state index in [4.69, 9.17) is 5.26 Å². The van der Waals surface area contributed by atoms with Gasteiger partial charge in [-0.3, -0.25) is 4.79 Å². The molecule has 0 bridgehead atoms. The highest BCUT2D eigenvalue weighted by Crippen LogP contribution is 2.18. The zero-order chi connectivity index (χ0) is 13.1. The first kappa shape index (κ1) is 12.6. The van der Waals surface area contributed by atoms with Crippen molar-refractivity contribution in [3.63, 3.8) is 0 Å². The lowest BCUT2D eigenvalue weighted by Gasteiger charge is -2.15. The number of hydrogen-bond acceptors (Lipinski definition) is 2. The van der Waals surface area contributed by atoms with Crippen LogP contribution < -0.4 is 5.56 Å². The molecule has 0 saturated heterocycles. The summed E-state index contributed by atoms with van der Waals surface area (Å²) >= 11 is 3.27. The first-order chi connectivity index (χ1) is 8.61. The van der Waals surface area contributed by atoms with Crippen molar-refractivity contribution in [2.75, 3.05) is 0 Å². The SMILES string of the molecule is CC(c1cccc(C#N)c1)n1ccc(Br)cc1=O. The summed E-state index contributed by atoms with van der Waals surface area (Å²) in [6, 6.07) is 12.7. The molecule has 0 aliphatic rings. The molecule has 0 N–H and O–H groups in total. The molecule has 0 fully saturated rings. The Balaban J connectivity index is 2.45. The third-order valence-electron chi connectivity index (χ3n) is 2.83. The molecule has 0 aliphatic carbocycles. The minimum absolute atomic E-state index is 0.0702. The molecule has 3 nitrogen and oxygen atoms in total. The second-order valence-electron chi connectivity index (χ2n) is 4.00. The van der Waals surface area contributed by atoms with E-state index in [0.717, 1.165) is 10.0 Å². The van der Waals surface area contributed by atoms with Gasteiger partial charge in [-0.1, -0.05) is 28.1 Å². The molecular formula is C14H11BrN2O. The lowest BCUT2D eigenvalue weighted by Crippen LogP contribution is -2.22. The van der Waals surface area contributed by atoms with Gasteiger partial charge in [-0.05, 0) is 30.7 Å². The van der Waals surface area contributed by atoms with Gasteiger partial charge in [0.25, 0.3) is 5.56 Å². The van der Waals surface area contributed by atoms with Crippen LogP contribution in [0.4, 0.5) is 0 Å². The summed E-state index contributed by atoms with van der Waals surface area (Å²) in [6.45, 7) is 1.94. The molecule has 0 amide bonds. The highest BCUT2D eigenvalue weighted by atomic mass is 79.9. The number of rotatable bonds is 2. The third kappa shape index (κ3) is 2.52. The van der Waals surface area contributed by atoms with Gasteiger partial charge in [0.2, 0.25) is 0 Å². The maximum atomic E-state index is 11.9. The molecule has 1 atom stereocenters. The molecule has 18 heavy (non-hydrogen) atoms. The third-order valence-corrected chi connectivity index (χ3v) is 3.32. The number of aromatic nitrogens is 1. The van der Waals surface area contributed by atoms with E-state index in [-0.39, 0.29) is 11.6 Å². The molecule has 1 heterocycles. The van der Waals surface area contributed by atoms with Gasteiger partial charge >= 0.3 is 0 Å². The minimum atomic E-state index is -0.0982. The molecule has 0 spiro atoms. The van der Waals surface area contributed by atoms with E-state index >= 15 is 0 Å². The Morgan fingerprint density at radius 3 is 2.78 bits per heavy atom. The van der Waals surface area contributed by atoms with E-state index in [1.165, 1.54) is 6.07 Å². The molecular weight excluding hydrogens is 292 g/mol. The van der Waals surface area contributed by atoms with Crippen LogP contribution in [0.15, 0.2) is 51.9 Å². The van der Waals surface area contributed by atoms with Gasteiger partial charge in [0, 0.05) is 16.7 Å². The summed E-state index contributed by atoms with van der Waals surface area (Å²) in [5.41, 5.74) is 1.47. The van der Waals surface area contributed by atoms with Crippen molar-refractivity contribution in [2.24, 2.45) is 0 Å². The molecule has 0 aliphatic heterocycles. The summed E-state index contributed by atoms with van der Waals surface area (Å²) in [5, 5.41) is 8.88. The van der Waals surface area contributed by atoms with E-state index in [1.807, 2.05) is 25.1 Å². The quantitative estimate of drug-likeness (QED) is 0.856. The van der Waals surface area contributed by atoms with Crippen LogP contribution in [0.25, 0.3) is 0 Å². The molecule has 90 valence electrons. The minimum Gasteiger partial charge on any atom is -0.308 e. The zero-order valence-electron chi connectivity index (χ0n) is 9.80. The Labute approximate surface area is 113 Å². The predicted octanol–water partition coefficient (Wildman–Crippen LogP) is 3.09. The Bertz CT molecular complexity index is 670. The van der Waals surface area contributed by atoms with E-state index in [1.54, 1.807) is 22.9 Å². The number of pyridine rings is 1. The van der Waals surface area contributed by atoms with Crippen LogP contribution in [-0.4, -0.2) is 4.57 Å². The van der Waals surface area contributed by atoms with Crippen molar-refractivity contribution in [1.82, 2.24) is 4.57 Å². The normalized spacial score (nSPS) is 11.8. The topological polar surface area (TPSA) is 45.8 Å². The molecule has 0 radical (unpaired) electrons. The molecule has 1 aromatic heterocycles. The van der Waals surface area contributed by atoms with E-state index in [2.05, 4.69) is 22.0 Å². The van der Waals surface area contributed by atoms with E-state index in [9.17, 15) is 4.79 Å². The largest absolute Gasteiger partial charge is 0.308 e. The van der Waals surface area contributed by atoms with Crippen LogP contribution in [0.2, 0.25) is 0 Å². The van der Waals surface area contributed by atoms with Crippen molar-refractivity contribution in [3.8, 4) is 6.07 Å².